The molecular weight excluding hydrogens is 442 g/mol. The molecule has 0 spiro atoms. The summed E-state index contributed by atoms with van der Waals surface area (Å²) in [4.78, 5) is 24.9. The number of hydrogen-bond acceptors (Lipinski definition) is 5. The molecule has 0 bridgehead atoms. The second kappa shape index (κ2) is 12.4. The van der Waals surface area contributed by atoms with Gasteiger partial charge in [-0.05, 0) is 54.3 Å². The quantitative estimate of drug-likeness (QED) is 0.268. The van der Waals surface area contributed by atoms with Crippen molar-refractivity contribution in [2.45, 2.75) is 26.7 Å². The van der Waals surface area contributed by atoms with E-state index < -0.39 is 0 Å². The Morgan fingerprint density at radius 3 is 2.34 bits per heavy atom. The van der Waals surface area contributed by atoms with E-state index in [0.29, 0.717) is 41.0 Å². The SMILES string of the molecule is CCOc1cc(/C=C/C(=O)c2ccc(C(C)C)cc2)ccc1OCC(=O)Nc1ccccc1OC. The number of nitrogens with one attached hydrogen (secondary N) is 1. The maximum atomic E-state index is 12.6. The average Bonchev–Trinajstić information content (AvgIpc) is 2.87. The van der Waals surface area contributed by atoms with E-state index in [9.17, 15) is 9.59 Å². The molecule has 0 heterocycles. The standard InChI is InChI=1S/C29H31NO5/c1-5-34-28-18-21(10-16-25(31)23-14-12-22(13-15-23)20(2)3)11-17-27(28)35-19-29(32)30-24-8-6-7-9-26(24)33-4/h6-18,20H,5,19H2,1-4H3,(H,30,32)/b16-10+. The Morgan fingerprint density at radius 2 is 1.66 bits per heavy atom. The third kappa shape index (κ3) is 7.21. The number of carbonyl (C=O) groups is 2. The molecule has 0 aromatic heterocycles. The number of rotatable bonds is 11. The van der Waals surface area contributed by atoms with Crippen molar-refractivity contribution in [2.75, 3.05) is 25.6 Å². The normalized spacial score (nSPS) is 10.9. The van der Waals surface area contributed by atoms with Crippen molar-refractivity contribution in [3.05, 3.63) is 89.5 Å². The lowest BCUT2D eigenvalue weighted by Crippen LogP contribution is -2.20. The number of benzene rings is 3. The number of allylic oxidation sites excluding steroid dienone is 1. The van der Waals surface area contributed by atoms with E-state index >= 15 is 0 Å². The summed E-state index contributed by atoms with van der Waals surface area (Å²) in [7, 11) is 1.54. The summed E-state index contributed by atoms with van der Waals surface area (Å²) in [5.74, 6) is 1.52. The highest BCUT2D eigenvalue weighted by Crippen LogP contribution is 2.29. The van der Waals surface area contributed by atoms with Crippen LogP contribution in [0, 0.1) is 0 Å². The molecule has 182 valence electrons. The summed E-state index contributed by atoms with van der Waals surface area (Å²) >= 11 is 0. The Labute approximate surface area is 206 Å². The number of ketones is 1. The van der Waals surface area contributed by atoms with E-state index in [1.54, 1.807) is 37.5 Å². The van der Waals surface area contributed by atoms with Gasteiger partial charge in [0.05, 0.1) is 19.4 Å². The van der Waals surface area contributed by atoms with Gasteiger partial charge in [0.2, 0.25) is 0 Å². The molecule has 0 saturated carbocycles. The summed E-state index contributed by atoms with van der Waals surface area (Å²) in [6.07, 6.45) is 3.27. The molecule has 0 unspecified atom stereocenters. The second-order valence-corrected chi connectivity index (χ2v) is 8.15. The topological polar surface area (TPSA) is 73.9 Å². The van der Waals surface area contributed by atoms with Crippen LogP contribution in [0.3, 0.4) is 0 Å². The van der Waals surface area contributed by atoms with Crippen molar-refractivity contribution in [1.29, 1.82) is 0 Å². The maximum Gasteiger partial charge on any atom is 0.262 e. The van der Waals surface area contributed by atoms with E-state index in [4.69, 9.17) is 14.2 Å². The van der Waals surface area contributed by atoms with E-state index in [-0.39, 0.29) is 18.3 Å². The Balaban J connectivity index is 1.65. The third-order valence-electron chi connectivity index (χ3n) is 5.30. The first-order valence-electron chi connectivity index (χ1n) is 11.6. The summed E-state index contributed by atoms with van der Waals surface area (Å²) in [6.45, 7) is 6.33. The van der Waals surface area contributed by atoms with Crippen LogP contribution in [0.25, 0.3) is 6.08 Å². The van der Waals surface area contributed by atoms with Gasteiger partial charge in [0.1, 0.15) is 5.75 Å². The summed E-state index contributed by atoms with van der Waals surface area (Å²) in [6, 6.07) is 20.1. The molecule has 0 aliphatic carbocycles. The Morgan fingerprint density at radius 1 is 0.914 bits per heavy atom. The number of methoxy groups -OCH3 is 1. The largest absolute Gasteiger partial charge is 0.495 e. The van der Waals surface area contributed by atoms with Crippen LogP contribution in [0.4, 0.5) is 5.69 Å². The van der Waals surface area contributed by atoms with E-state index in [1.165, 1.54) is 11.6 Å². The fraction of sp³-hybridized carbons (Fsp3) is 0.241. The number of amides is 1. The summed E-state index contributed by atoms with van der Waals surface area (Å²) in [5.41, 5.74) is 3.18. The lowest BCUT2D eigenvalue weighted by Gasteiger charge is -2.13. The van der Waals surface area contributed by atoms with Gasteiger partial charge in [-0.3, -0.25) is 9.59 Å². The average molecular weight is 474 g/mol. The number of hydrogen-bond donors (Lipinski definition) is 1. The zero-order chi connectivity index (χ0) is 25.2. The lowest BCUT2D eigenvalue weighted by molar-refractivity contribution is -0.118. The van der Waals surface area contributed by atoms with Gasteiger partial charge in [0.15, 0.2) is 23.9 Å². The molecule has 0 atom stereocenters. The monoisotopic (exact) mass is 473 g/mol. The molecule has 0 aliphatic heterocycles. The minimum atomic E-state index is -0.324. The van der Waals surface area contributed by atoms with Crippen molar-refractivity contribution in [1.82, 2.24) is 0 Å². The molecule has 1 N–H and O–H groups in total. The highest BCUT2D eigenvalue weighted by molar-refractivity contribution is 6.06. The first kappa shape index (κ1) is 25.6. The van der Waals surface area contributed by atoms with Crippen molar-refractivity contribution >= 4 is 23.5 Å². The molecule has 35 heavy (non-hydrogen) atoms. The molecule has 0 fully saturated rings. The van der Waals surface area contributed by atoms with Crippen LogP contribution in [0.5, 0.6) is 17.2 Å². The molecule has 6 nitrogen and oxygen atoms in total. The first-order chi connectivity index (χ1) is 16.9. The minimum Gasteiger partial charge on any atom is -0.495 e. The van der Waals surface area contributed by atoms with Crippen LogP contribution in [-0.4, -0.2) is 32.0 Å². The van der Waals surface area contributed by atoms with Gasteiger partial charge in [-0.2, -0.15) is 0 Å². The number of carbonyl (C=O) groups excluding carboxylic acids is 2. The molecule has 0 aliphatic rings. The molecule has 3 aromatic carbocycles. The molecular formula is C29H31NO5. The lowest BCUT2D eigenvalue weighted by atomic mass is 10.0. The Kier molecular flexibility index (Phi) is 9.07. The Hall–Kier alpha value is -4.06. The number of anilines is 1. The van der Waals surface area contributed by atoms with Crippen LogP contribution in [0.15, 0.2) is 72.8 Å². The summed E-state index contributed by atoms with van der Waals surface area (Å²) < 4.78 is 16.7. The Bertz CT molecular complexity index is 1180. The predicted molar refractivity (Wildman–Crippen MR) is 139 cm³/mol. The molecule has 3 aromatic rings. The number of para-hydroxylation sites is 2. The highest BCUT2D eigenvalue weighted by atomic mass is 16.5. The molecule has 6 heteroatoms. The van der Waals surface area contributed by atoms with Crippen molar-refractivity contribution in [3.63, 3.8) is 0 Å². The maximum absolute atomic E-state index is 12.6. The van der Waals surface area contributed by atoms with Gasteiger partial charge in [0.25, 0.3) is 5.91 Å². The number of ether oxygens (including phenoxy) is 3. The molecule has 0 saturated heterocycles. The van der Waals surface area contributed by atoms with Crippen LogP contribution < -0.4 is 19.5 Å². The van der Waals surface area contributed by atoms with Crippen LogP contribution in [0.1, 0.15) is 48.2 Å². The van der Waals surface area contributed by atoms with Gasteiger partial charge in [-0.1, -0.05) is 62.4 Å². The van der Waals surface area contributed by atoms with Crippen molar-refractivity contribution in [3.8, 4) is 17.2 Å². The highest BCUT2D eigenvalue weighted by Gasteiger charge is 2.11. The smallest absolute Gasteiger partial charge is 0.262 e. The zero-order valence-electron chi connectivity index (χ0n) is 20.5. The first-order valence-corrected chi connectivity index (χ1v) is 11.6. The fourth-order valence-corrected chi connectivity index (χ4v) is 3.39. The van der Waals surface area contributed by atoms with E-state index in [1.807, 2.05) is 49.4 Å². The molecule has 0 radical (unpaired) electrons. The zero-order valence-corrected chi connectivity index (χ0v) is 20.5. The molecule has 3 rings (SSSR count). The van der Waals surface area contributed by atoms with Gasteiger partial charge >= 0.3 is 0 Å². The van der Waals surface area contributed by atoms with Gasteiger partial charge < -0.3 is 19.5 Å². The van der Waals surface area contributed by atoms with Crippen molar-refractivity contribution < 1.29 is 23.8 Å². The minimum absolute atomic E-state index is 0.0772. The van der Waals surface area contributed by atoms with E-state index in [2.05, 4.69) is 19.2 Å². The van der Waals surface area contributed by atoms with Gasteiger partial charge in [-0.25, -0.2) is 0 Å². The van der Waals surface area contributed by atoms with E-state index in [0.717, 1.165) is 5.56 Å². The van der Waals surface area contributed by atoms with Crippen molar-refractivity contribution in [2.24, 2.45) is 0 Å². The summed E-state index contributed by atoms with van der Waals surface area (Å²) in [5, 5.41) is 2.77. The molecule has 1 amide bonds. The van der Waals surface area contributed by atoms with Crippen LogP contribution in [-0.2, 0) is 4.79 Å². The fourth-order valence-electron chi connectivity index (χ4n) is 3.39. The van der Waals surface area contributed by atoms with Gasteiger partial charge in [-0.15, -0.1) is 0 Å². The van der Waals surface area contributed by atoms with Crippen LogP contribution in [0.2, 0.25) is 0 Å². The van der Waals surface area contributed by atoms with Crippen LogP contribution >= 0.6 is 0 Å². The predicted octanol–water partition coefficient (Wildman–Crippen LogP) is 6.13. The van der Waals surface area contributed by atoms with Gasteiger partial charge in [0, 0.05) is 5.56 Å². The third-order valence-corrected chi connectivity index (χ3v) is 5.30. The second-order valence-electron chi connectivity index (χ2n) is 8.15.